The number of nitrogens with two attached hydrogens (primary N) is 1. The van der Waals surface area contributed by atoms with Gasteiger partial charge in [0.05, 0.1) is 11.6 Å². The summed E-state index contributed by atoms with van der Waals surface area (Å²) in [7, 11) is 0. The molecular weight excluding hydrogens is 324 g/mol. The maximum absolute atomic E-state index is 6.03. The molecule has 0 unspecified atom stereocenters. The highest BCUT2D eigenvalue weighted by Gasteiger charge is 2.12. The summed E-state index contributed by atoms with van der Waals surface area (Å²) in [6.07, 6.45) is 4.26. The number of benzene rings is 1. The minimum Gasteiger partial charge on any atom is -0.494 e. The number of imidazole rings is 1. The first-order valence-corrected chi connectivity index (χ1v) is 8.54. The minimum absolute atomic E-state index is 0.602. The van der Waals surface area contributed by atoms with Gasteiger partial charge < -0.3 is 15.0 Å². The van der Waals surface area contributed by atoms with E-state index >= 15 is 0 Å². The summed E-state index contributed by atoms with van der Waals surface area (Å²) in [4.78, 5) is 9.12. The van der Waals surface area contributed by atoms with Crippen molar-refractivity contribution in [1.29, 1.82) is 0 Å². The predicted molar refractivity (Wildman–Crippen MR) is 96.5 cm³/mol. The third kappa shape index (κ3) is 4.04. The normalized spacial score (nSPS) is 11.1. The number of fused-ring (bicyclic) bond motifs is 1. The number of para-hydroxylation sites is 1. The number of halogens is 1. The third-order valence-electron chi connectivity index (χ3n) is 3.77. The predicted octanol–water partition coefficient (Wildman–Crippen LogP) is 3.45. The summed E-state index contributed by atoms with van der Waals surface area (Å²) in [6.45, 7) is 2.11. The molecule has 3 aromatic rings. The van der Waals surface area contributed by atoms with Crippen LogP contribution >= 0.6 is 11.6 Å². The van der Waals surface area contributed by atoms with Gasteiger partial charge in [0.2, 0.25) is 0 Å². The number of hydrogen-bond acceptors (Lipinski definition) is 4. The fraction of sp³-hybridized carbons (Fsp3) is 0.333. The van der Waals surface area contributed by atoms with Crippen molar-refractivity contribution in [3.05, 3.63) is 53.4 Å². The Kier molecular flexibility index (Phi) is 5.67. The first-order valence-electron chi connectivity index (χ1n) is 8.16. The van der Waals surface area contributed by atoms with E-state index in [1.807, 2.05) is 36.4 Å². The highest BCUT2D eigenvalue weighted by Crippen LogP contribution is 2.19. The summed E-state index contributed by atoms with van der Waals surface area (Å²) in [6, 6.07) is 11.7. The topological polar surface area (TPSA) is 66.0 Å². The van der Waals surface area contributed by atoms with Crippen LogP contribution in [-0.2, 0) is 13.0 Å². The summed E-state index contributed by atoms with van der Waals surface area (Å²) in [5.41, 5.74) is 7.35. The van der Waals surface area contributed by atoms with E-state index in [0.29, 0.717) is 18.2 Å². The number of aryl methyl sites for hydroxylation is 2. The van der Waals surface area contributed by atoms with Crippen LogP contribution in [0, 0.1) is 0 Å². The van der Waals surface area contributed by atoms with Crippen molar-refractivity contribution >= 4 is 22.8 Å². The molecule has 0 aliphatic rings. The molecule has 6 heteroatoms. The van der Waals surface area contributed by atoms with E-state index in [-0.39, 0.29) is 0 Å². The Bertz CT molecular complexity index is 788. The number of nitrogens with zero attached hydrogens (tertiary/aromatic N) is 3. The smallest absolute Gasteiger partial charge is 0.160 e. The molecule has 3 rings (SSSR count). The Morgan fingerprint density at radius 2 is 2.00 bits per heavy atom. The molecule has 0 saturated carbocycles. The van der Waals surface area contributed by atoms with Crippen molar-refractivity contribution in [3.8, 4) is 5.75 Å². The van der Waals surface area contributed by atoms with E-state index in [2.05, 4.69) is 9.55 Å². The van der Waals surface area contributed by atoms with Gasteiger partial charge in [-0.15, -0.1) is 0 Å². The Hall–Kier alpha value is -2.11. The molecule has 5 nitrogen and oxygen atoms in total. The van der Waals surface area contributed by atoms with Gasteiger partial charge in [0.25, 0.3) is 0 Å². The van der Waals surface area contributed by atoms with Gasteiger partial charge in [0, 0.05) is 19.2 Å². The molecule has 0 aliphatic carbocycles. The van der Waals surface area contributed by atoms with Gasteiger partial charge >= 0.3 is 0 Å². The molecular formula is C18H21ClN4O. The van der Waals surface area contributed by atoms with Crippen LogP contribution in [0.4, 0.5) is 0 Å². The van der Waals surface area contributed by atoms with Gasteiger partial charge in [0.15, 0.2) is 5.65 Å². The SMILES string of the molecule is NCCCn1c(CCCOc2ccccc2)nc2cc(Cl)cnc21. The van der Waals surface area contributed by atoms with Crippen molar-refractivity contribution < 1.29 is 4.74 Å². The summed E-state index contributed by atoms with van der Waals surface area (Å²) in [5.74, 6) is 1.90. The van der Waals surface area contributed by atoms with Crippen LogP contribution in [0.5, 0.6) is 5.75 Å². The maximum atomic E-state index is 6.03. The number of rotatable bonds is 8. The highest BCUT2D eigenvalue weighted by atomic mass is 35.5. The molecule has 0 radical (unpaired) electrons. The van der Waals surface area contributed by atoms with Crippen LogP contribution < -0.4 is 10.5 Å². The molecule has 1 aromatic carbocycles. The Morgan fingerprint density at radius 3 is 2.79 bits per heavy atom. The van der Waals surface area contributed by atoms with Gasteiger partial charge in [-0.1, -0.05) is 29.8 Å². The molecule has 0 saturated heterocycles. The van der Waals surface area contributed by atoms with Gasteiger partial charge in [-0.05, 0) is 37.6 Å². The number of ether oxygens (including phenoxy) is 1. The number of hydrogen-bond donors (Lipinski definition) is 1. The molecule has 2 heterocycles. The molecule has 0 fully saturated rings. The van der Waals surface area contributed by atoms with Gasteiger partial charge in [0.1, 0.15) is 17.1 Å². The largest absolute Gasteiger partial charge is 0.494 e. The first-order chi connectivity index (χ1) is 11.8. The molecule has 0 atom stereocenters. The lowest BCUT2D eigenvalue weighted by molar-refractivity contribution is 0.309. The summed E-state index contributed by atoms with van der Waals surface area (Å²) < 4.78 is 7.89. The van der Waals surface area contributed by atoms with E-state index in [0.717, 1.165) is 48.5 Å². The lowest BCUT2D eigenvalue weighted by Gasteiger charge is -2.09. The lowest BCUT2D eigenvalue weighted by Crippen LogP contribution is -2.10. The molecule has 2 aromatic heterocycles. The number of aromatic nitrogens is 3. The zero-order valence-corrected chi connectivity index (χ0v) is 14.2. The molecule has 24 heavy (non-hydrogen) atoms. The minimum atomic E-state index is 0.602. The molecule has 126 valence electrons. The van der Waals surface area contributed by atoms with Gasteiger partial charge in [-0.3, -0.25) is 0 Å². The molecule has 0 amide bonds. The fourth-order valence-corrected chi connectivity index (χ4v) is 2.80. The summed E-state index contributed by atoms with van der Waals surface area (Å²) in [5, 5.41) is 0.602. The summed E-state index contributed by atoms with van der Waals surface area (Å²) >= 11 is 6.03. The zero-order chi connectivity index (χ0) is 16.8. The van der Waals surface area contributed by atoms with Crippen molar-refractivity contribution in [2.75, 3.05) is 13.2 Å². The van der Waals surface area contributed by atoms with Gasteiger partial charge in [-0.25, -0.2) is 9.97 Å². The van der Waals surface area contributed by atoms with Crippen LogP contribution in [0.25, 0.3) is 11.2 Å². The second-order valence-electron chi connectivity index (χ2n) is 5.58. The maximum Gasteiger partial charge on any atom is 0.160 e. The third-order valence-corrected chi connectivity index (χ3v) is 3.98. The Labute approximate surface area is 146 Å². The monoisotopic (exact) mass is 344 g/mol. The van der Waals surface area contributed by atoms with Crippen molar-refractivity contribution in [1.82, 2.24) is 14.5 Å². The highest BCUT2D eigenvalue weighted by molar-refractivity contribution is 6.31. The quantitative estimate of drug-likeness (QED) is 0.636. The van der Waals surface area contributed by atoms with Crippen LogP contribution in [0.1, 0.15) is 18.7 Å². The molecule has 0 aliphatic heterocycles. The van der Waals surface area contributed by atoms with E-state index in [9.17, 15) is 0 Å². The fourth-order valence-electron chi connectivity index (χ4n) is 2.65. The average Bonchev–Trinajstić information content (AvgIpc) is 2.94. The van der Waals surface area contributed by atoms with Crippen molar-refractivity contribution in [2.24, 2.45) is 5.73 Å². The van der Waals surface area contributed by atoms with Crippen molar-refractivity contribution in [3.63, 3.8) is 0 Å². The molecule has 2 N–H and O–H groups in total. The van der Waals surface area contributed by atoms with E-state index in [1.54, 1.807) is 6.20 Å². The van der Waals surface area contributed by atoms with Crippen LogP contribution in [0.15, 0.2) is 42.6 Å². The van der Waals surface area contributed by atoms with E-state index < -0.39 is 0 Å². The van der Waals surface area contributed by atoms with Crippen LogP contribution in [0.3, 0.4) is 0 Å². The van der Waals surface area contributed by atoms with Crippen molar-refractivity contribution in [2.45, 2.75) is 25.8 Å². The van der Waals surface area contributed by atoms with E-state index in [4.69, 9.17) is 27.1 Å². The number of pyridine rings is 1. The second-order valence-corrected chi connectivity index (χ2v) is 6.02. The first kappa shape index (κ1) is 16.7. The average molecular weight is 345 g/mol. The Morgan fingerprint density at radius 1 is 1.17 bits per heavy atom. The van der Waals surface area contributed by atoms with E-state index in [1.165, 1.54) is 0 Å². The standard InChI is InChI=1S/C18H21ClN4O/c19-14-12-16-18(21-13-14)23(10-5-9-20)17(22-16)8-4-11-24-15-6-2-1-3-7-15/h1-3,6-7,12-13H,4-5,8-11,20H2. The second kappa shape index (κ2) is 8.13. The lowest BCUT2D eigenvalue weighted by atomic mass is 10.3. The molecule has 0 spiro atoms. The van der Waals surface area contributed by atoms with Crippen LogP contribution in [-0.4, -0.2) is 27.7 Å². The Balaban J connectivity index is 1.68. The molecule has 0 bridgehead atoms. The van der Waals surface area contributed by atoms with Gasteiger partial charge in [-0.2, -0.15) is 0 Å². The van der Waals surface area contributed by atoms with Crippen LogP contribution in [0.2, 0.25) is 5.02 Å². The zero-order valence-electron chi connectivity index (χ0n) is 13.5.